The molecular formula is C20H23BrN2S. The Morgan fingerprint density at radius 2 is 1.62 bits per heavy atom. The van der Waals surface area contributed by atoms with Crippen molar-refractivity contribution in [3.8, 4) is 11.3 Å². The predicted octanol–water partition coefficient (Wildman–Crippen LogP) is 5.97. The van der Waals surface area contributed by atoms with Crippen molar-refractivity contribution < 1.29 is 0 Å². The summed E-state index contributed by atoms with van der Waals surface area (Å²) >= 11 is 1.71. The van der Waals surface area contributed by atoms with Gasteiger partial charge in [-0.25, -0.2) is 4.99 Å². The Kier molecular flexibility index (Phi) is 6.19. The topological polar surface area (TPSA) is 17.3 Å². The number of aryl methyl sites for hydroxylation is 3. The summed E-state index contributed by atoms with van der Waals surface area (Å²) in [5, 5.41) is 2.20. The summed E-state index contributed by atoms with van der Waals surface area (Å²) < 4.78 is 2.29. The largest absolute Gasteiger partial charge is 0.317 e. The summed E-state index contributed by atoms with van der Waals surface area (Å²) in [6.07, 6.45) is 0. The van der Waals surface area contributed by atoms with Crippen LogP contribution in [0.1, 0.15) is 23.6 Å². The van der Waals surface area contributed by atoms with Crippen molar-refractivity contribution in [1.82, 2.24) is 4.57 Å². The summed E-state index contributed by atoms with van der Waals surface area (Å²) in [6.45, 7) is 9.50. The summed E-state index contributed by atoms with van der Waals surface area (Å²) in [7, 11) is 0. The van der Waals surface area contributed by atoms with E-state index in [1.807, 2.05) is 0 Å². The lowest BCUT2D eigenvalue weighted by molar-refractivity contribution is 0.744. The van der Waals surface area contributed by atoms with E-state index in [0.717, 1.165) is 17.0 Å². The molecule has 0 amide bonds. The second kappa shape index (κ2) is 7.95. The van der Waals surface area contributed by atoms with Gasteiger partial charge < -0.3 is 4.57 Å². The molecule has 0 aliphatic heterocycles. The van der Waals surface area contributed by atoms with Gasteiger partial charge in [0.25, 0.3) is 0 Å². The quantitative estimate of drug-likeness (QED) is 0.513. The molecule has 0 saturated carbocycles. The van der Waals surface area contributed by atoms with Crippen molar-refractivity contribution in [2.75, 3.05) is 0 Å². The zero-order chi connectivity index (χ0) is 16.4. The number of aromatic nitrogens is 1. The Balaban J connectivity index is 0.00000208. The van der Waals surface area contributed by atoms with Gasteiger partial charge in [0.15, 0.2) is 4.80 Å². The molecule has 1 aromatic heterocycles. The summed E-state index contributed by atoms with van der Waals surface area (Å²) in [5.41, 5.74) is 7.33. The normalized spacial score (nSPS) is 11.4. The van der Waals surface area contributed by atoms with Crippen LogP contribution >= 0.6 is 28.3 Å². The lowest BCUT2D eigenvalue weighted by Crippen LogP contribution is -2.14. The first-order valence-electron chi connectivity index (χ1n) is 7.96. The highest BCUT2D eigenvalue weighted by atomic mass is 79.9. The highest BCUT2D eigenvalue weighted by Crippen LogP contribution is 2.25. The molecule has 4 heteroatoms. The molecule has 2 nitrogen and oxygen atoms in total. The van der Waals surface area contributed by atoms with Crippen molar-refractivity contribution in [2.24, 2.45) is 4.99 Å². The Morgan fingerprint density at radius 3 is 2.21 bits per heavy atom. The Bertz CT molecular complexity index is 868. The molecule has 0 aliphatic carbocycles. The van der Waals surface area contributed by atoms with E-state index < -0.39 is 0 Å². The number of nitrogens with zero attached hydrogens (tertiary/aromatic N) is 2. The fourth-order valence-electron chi connectivity index (χ4n) is 3.01. The zero-order valence-corrected chi connectivity index (χ0v) is 17.1. The van der Waals surface area contributed by atoms with Crippen LogP contribution in [0.2, 0.25) is 0 Å². The SMILES string of the molecule is Br.CCn1c(-c2ccccc2)csc1=Nc1c(C)cc(C)cc1C. The average Bonchev–Trinajstić information content (AvgIpc) is 2.94. The second-order valence-corrected chi connectivity index (χ2v) is 6.71. The van der Waals surface area contributed by atoms with Crippen molar-refractivity contribution in [3.05, 3.63) is 69.3 Å². The molecule has 24 heavy (non-hydrogen) atoms. The van der Waals surface area contributed by atoms with Gasteiger partial charge in [-0.05, 0) is 44.4 Å². The van der Waals surface area contributed by atoms with Gasteiger partial charge in [0.05, 0.1) is 11.4 Å². The molecule has 3 rings (SSSR count). The number of rotatable bonds is 3. The molecular weight excluding hydrogens is 380 g/mol. The van der Waals surface area contributed by atoms with Crippen LogP contribution in [0, 0.1) is 20.8 Å². The van der Waals surface area contributed by atoms with Crippen LogP contribution in [0.15, 0.2) is 52.8 Å². The summed E-state index contributed by atoms with van der Waals surface area (Å²) in [4.78, 5) is 6.04. The van der Waals surface area contributed by atoms with Crippen molar-refractivity contribution >= 4 is 34.0 Å². The van der Waals surface area contributed by atoms with E-state index in [1.165, 1.54) is 27.9 Å². The highest BCUT2D eigenvalue weighted by molar-refractivity contribution is 8.93. The fraction of sp³-hybridized carbons (Fsp3) is 0.250. The lowest BCUT2D eigenvalue weighted by Gasteiger charge is -2.08. The van der Waals surface area contributed by atoms with E-state index in [2.05, 4.69) is 80.1 Å². The van der Waals surface area contributed by atoms with Crippen LogP contribution < -0.4 is 4.80 Å². The molecule has 0 fully saturated rings. The molecule has 0 bridgehead atoms. The number of hydrogen-bond donors (Lipinski definition) is 0. The van der Waals surface area contributed by atoms with Crippen molar-refractivity contribution in [2.45, 2.75) is 34.2 Å². The molecule has 3 aromatic rings. The smallest absolute Gasteiger partial charge is 0.190 e. The van der Waals surface area contributed by atoms with Gasteiger partial charge in [0.2, 0.25) is 0 Å². The van der Waals surface area contributed by atoms with Gasteiger partial charge in [-0.15, -0.1) is 28.3 Å². The Hall–Kier alpha value is -1.65. The predicted molar refractivity (Wildman–Crippen MR) is 110 cm³/mol. The monoisotopic (exact) mass is 402 g/mol. The van der Waals surface area contributed by atoms with Gasteiger partial charge in [0, 0.05) is 11.9 Å². The highest BCUT2D eigenvalue weighted by Gasteiger charge is 2.08. The van der Waals surface area contributed by atoms with Gasteiger partial charge in [0.1, 0.15) is 0 Å². The standard InChI is InChI=1S/C20H22N2S.BrH/c1-5-22-18(17-9-7-6-8-10-17)13-23-20(22)21-19-15(3)11-14(2)12-16(19)4;/h6-13H,5H2,1-4H3;1H. The third-order valence-electron chi connectivity index (χ3n) is 4.03. The molecule has 0 radical (unpaired) electrons. The Labute approximate surface area is 158 Å². The third-order valence-corrected chi connectivity index (χ3v) is 4.89. The molecule has 0 saturated heterocycles. The second-order valence-electron chi connectivity index (χ2n) is 5.87. The van der Waals surface area contributed by atoms with E-state index in [9.17, 15) is 0 Å². The van der Waals surface area contributed by atoms with E-state index in [4.69, 9.17) is 4.99 Å². The van der Waals surface area contributed by atoms with Gasteiger partial charge in [-0.1, -0.05) is 48.0 Å². The Morgan fingerprint density at radius 1 is 1.00 bits per heavy atom. The molecule has 0 spiro atoms. The van der Waals surface area contributed by atoms with Crippen LogP contribution in [-0.4, -0.2) is 4.57 Å². The van der Waals surface area contributed by atoms with Crippen molar-refractivity contribution in [1.29, 1.82) is 0 Å². The van der Waals surface area contributed by atoms with E-state index in [0.29, 0.717) is 0 Å². The fourth-order valence-corrected chi connectivity index (χ4v) is 3.99. The van der Waals surface area contributed by atoms with Crippen LogP contribution in [0.4, 0.5) is 5.69 Å². The van der Waals surface area contributed by atoms with E-state index in [1.54, 1.807) is 11.3 Å². The van der Waals surface area contributed by atoms with Crippen LogP contribution in [0.25, 0.3) is 11.3 Å². The average molecular weight is 403 g/mol. The van der Waals surface area contributed by atoms with E-state index >= 15 is 0 Å². The minimum atomic E-state index is 0. The third kappa shape index (κ3) is 3.70. The van der Waals surface area contributed by atoms with E-state index in [-0.39, 0.29) is 17.0 Å². The maximum Gasteiger partial charge on any atom is 0.190 e. The first-order valence-corrected chi connectivity index (χ1v) is 8.84. The zero-order valence-electron chi connectivity index (χ0n) is 14.5. The summed E-state index contributed by atoms with van der Waals surface area (Å²) in [5.74, 6) is 0. The van der Waals surface area contributed by atoms with Crippen LogP contribution in [-0.2, 0) is 6.54 Å². The molecule has 0 aliphatic rings. The summed E-state index contributed by atoms with van der Waals surface area (Å²) in [6, 6.07) is 14.9. The molecule has 1 heterocycles. The van der Waals surface area contributed by atoms with Crippen LogP contribution in [0.3, 0.4) is 0 Å². The minimum absolute atomic E-state index is 0. The molecule has 0 atom stereocenters. The number of halogens is 1. The van der Waals surface area contributed by atoms with Crippen molar-refractivity contribution in [3.63, 3.8) is 0 Å². The first-order chi connectivity index (χ1) is 11.1. The first kappa shape index (κ1) is 18.7. The molecule has 2 aromatic carbocycles. The number of hydrogen-bond acceptors (Lipinski definition) is 2. The van der Waals surface area contributed by atoms with Gasteiger partial charge >= 0.3 is 0 Å². The molecule has 0 N–H and O–H groups in total. The molecule has 126 valence electrons. The number of benzene rings is 2. The maximum atomic E-state index is 4.98. The lowest BCUT2D eigenvalue weighted by atomic mass is 10.1. The van der Waals surface area contributed by atoms with Crippen LogP contribution in [0.5, 0.6) is 0 Å². The van der Waals surface area contributed by atoms with Gasteiger partial charge in [-0.2, -0.15) is 0 Å². The maximum absolute atomic E-state index is 4.98. The minimum Gasteiger partial charge on any atom is -0.317 e. The molecule has 0 unspecified atom stereocenters. The number of thiazole rings is 1. The van der Waals surface area contributed by atoms with Gasteiger partial charge in [-0.3, -0.25) is 0 Å².